The van der Waals surface area contributed by atoms with Crippen LogP contribution in [0, 0.1) is 6.92 Å². The van der Waals surface area contributed by atoms with E-state index in [1.54, 1.807) is 20.3 Å². The zero-order valence-corrected chi connectivity index (χ0v) is 8.79. The molecular formula is C11H15O3. The van der Waals surface area contributed by atoms with Crippen LogP contribution >= 0.6 is 0 Å². The number of rotatable bonds is 4. The van der Waals surface area contributed by atoms with Crippen LogP contribution in [-0.4, -0.2) is 20.8 Å². The minimum absolute atomic E-state index is 0.586. The molecule has 1 aromatic rings. The SMILES string of the molecule is [CH2]c1cc(OC)c(OC)c(OCC)c1. The van der Waals surface area contributed by atoms with E-state index in [0.29, 0.717) is 23.9 Å². The normalized spacial score (nSPS) is 9.71. The van der Waals surface area contributed by atoms with Crippen LogP contribution in [0.1, 0.15) is 12.5 Å². The van der Waals surface area contributed by atoms with Crippen LogP contribution < -0.4 is 14.2 Å². The number of methoxy groups -OCH3 is 2. The molecule has 0 saturated carbocycles. The molecule has 1 aromatic carbocycles. The molecule has 0 spiro atoms. The van der Waals surface area contributed by atoms with Gasteiger partial charge in [0, 0.05) is 0 Å². The van der Waals surface area contributed by atoms with Crippen molar-refractivity contribution in [3.05, 3.63) is 24.6 Å². The van der Waals surface area contributed by atoms with Gasteiger partial charge in [0.15, 0.2) is 11.5 Å². The third-order valence-electron chi connectivity index (χ3n) is 1.80. The van der Waals surface area contributed by atoms with Gasteiger partial charge < -0.3 is 14.2 Å². The molecular weight excluding hydrogens is 180 g/mol. The number of hydrogen-bond acceptors (Lipinski definition) is 3. The van der Waals surface area contributed by atoms with Crippen molar-refractivity contribution in [2.24, 2.45) is 0 Å². The molecule has 3 nitrogen and oxygen atoms in total. The highest BCUT2D eigenvalue weighted by atomic mass is 16.5. The first-order chi connectivity index (χ1) is 6.72. The van der Waals surface area contributed by atoms with E-state index in [4.69, 9.17) is 14.2 Å². The lowest BCUT2D eigenvalue weighted by Gasteiger charge is -2.13. The fourth-order valence-electron chi connectivity index (χ4n) is 1.25. The van der Waals surface area contributed by atoms with Crippen molar-refractivity contribution >= 4 is 0 Å². The van der Waals surface area contributed by atoms with Crippen LogP contribution in [0.5, 0.6) is 17.2 Å². The van der Waals surface area contributed by atoms with Crippen molar-refractivity contribution in [1.82, 2.24) is 0 Å². The van der Waals surface area contributed by atoms with Gasteiger partial charge in [-0.15, -0.1) is 0 Å². The first-order valence-electron chi connectivity index (χ1n) is 4.43. The van der Waals surface area contributed by atoms with Gasteiger partial charge in [-0.3, -0.25) is 0 Å². The van der Waals surface area contributed by atoms with Gasteiger partial charge in [0.25, 0.3) is 0 Å². The average molecular weight is 195 g/mol. The molecule has 0 aromatic heterocycles. The molecule has 0 aliphatic heterocycles. The molecule has 0 atom stereocenters. The fourth-order valence-corrected chi connectivity index (χ4v) is 1.25. The average Bonchev–Trinajstić information content (AvgIpc) is 2.17. The molecule has 0 unspecified atom stereocenters. The standard InChI is InChI=1S/C11H15O3/c1-5-14-10-7-8(2)6-9(12-3)11(10)13-4/h6-7H,2,5H2,1,3-4H3. The van der Waals surface area contributed by atoms with E-state index in [1.807, 2.05) is 13.0 Å². The van der Waals surface area contributed by atoms with Crippen LogP contribution in [-0.2, 0) is 0 Å². The Labute approximate surface area is 84.6 Å². The van der Waals surface area contributed by atoms with Gasteiger partial charge in [-0.1, -0.05) is 0 Å². The molecule has 0 amide bonds. The maximum atomic E-state index is 5.41. The van der Waals surface area contributed by atoms with Gasteiger partial charge in [-0.2, -0.15) is 0 Å². The van der Waals surface area contributed by atoms with Crippen LogP contribution in [0.25, 0.3) is 0 Å². The lowest BCUT2D eigenvalue weighted by molar-refractivity contribution is 0.296. The second-order valence-electron chi connectivity index (χ2n) is 2.76. The van der Waals surface area contributed by atoms with E-state index in [-0.39, 0.29) is 0 Å². The molecule has 0 aliphatic carbocycles. The molecule has 0 bridgehead atoms. The summed E-state index contributed by atoms with van der Waals surface area (Å²) in [6.45, 7) is 6.34. The monoisotopic (exact) mass is 195 g/mol. The van der Waals surface area contributed by atoms with E-state index in [0.717, 1.165) is 5.56 Å². The van der Waals surface area contributed by atoms with Gasteiger partial charge in [-0.25, -0.2) is 0 Å². The molecule has 1 rings (SSSR count). The predicted molar refractivity (Wildman–Crippen MR) is 55.2 cm³/mol. The third-order valence-corrected chi connectivity index (χ3v) is 1.80. The molecule has 0 saturated heterocycles. The van der Waals surface area contributed by atoms with E-state index < -0.39 is 0 Å². The summed E-state index contributed by atoms with van der Waals surface area (Å²) in [5, 5.41) is 0. The molecule has 3 heteroatoms. The van der Waals surface area contributed by atoms with Crippen LogP contribution in [0.15, 0.2) is 12.1 Å². The smallest absolute Gasteiger partial charge is 0.203 e. The summed E-state index contributed by atoms with van der Waals surface area (Å²) in [6, 6.07) is 3.63. The van der Waals surface area contributed by atoms with Crippen molar-refractivity contribution in [3.8, 4) is 17.2 Å². The fraction of sp³-hybridized carbons (Fsp3) is 0.364. The van der Waals surface area contributed by atoms with E-state index >= 15 is 0 Å². The highest BCUT2D eigenvalue weighted by molar-refractivity contribution is 5.54. The second-order valence-corrected chi connectivity index (χ2v) is 2.76. The van der Waals surface area contributed by atoms with Crippen molar-refractivity contribution < 1.29 is 14.2 Å². The summed E-state index contributed by atoms with van der Waals surface area (Å²) < 4.78 is 15.8. The Balaban J connectivity index is 3.17. The van der Waals surface area contributed by atoms with Crippen LogP contribution in [0.2, 0.25) is 0 Å². The second kappa shape index (κ2) is 4.74. The Morgan fingerprint density at radius 3 is 2.29 bits per heavy atom. The van der Waals surface area contributed by atoms with Gasteiger partial charge in [-0.05, 0) is 31.5 Å². The van der Waals surface area contributed by atoms with Gasteiger partial charge in [0.1, 0.15) is 0 Å². The largest absolute Gasteiger partial charge is 0.493 e. The summed E-state index contributed by atoms with van der Waals surface area (Å²) in [4.78, 5) is 0. The Morgan fingerprint density at radius 1 is 1.14 bits per heavy atom. The quantitative estimate of drug-likeness (QED) is 0.737. The zero-order valence-electron chi connectivity index (χ0n) is 8.79. The van der Waals surface area contributed by atoms with Crippen molar-refractivity contribution in [2.75, 3.05) is 20.8 Å². The number of hydrogen-bond donors (Lipinski definition) is 0. The molecule has 14 heavy (non-hydrogen) atoms. The topological polar surface area (TPSA) is 27.7 Å². The third kappa shape index (κ3) is 2.10. The number of benzene rings is 1. The molecule has 1 radical (unpaired) electrons. The molecule has 0 fully saturated rings. The maximum Gasteiger partial charge on any atom is 0.203 e. The van der Waals surface area contributed by atoms with Gasteiger partial charge in [0.05, 0.1) is 20.8 Å². The minimum atomic E-state index is 0.586. The molecule has 77 valence electrons. The summed E-state index contributed by atoms with van der Waals surface area (Å²) in [5.74, 6) is 1.92. The first-order valence-corrected chi connectivity index (χ1v) is 4.43. The molecule has 0 heterocycles. The Kier molecular flexibility index (Phi) is 3.63. The summed E-state index contributed by atoms with van der Waals surface area (Å²) in [6.07, 6.45) is 0. The van der Waals surface area contributed by atoms with Gasteiger partial charge in [0.2, 0.25) is 5.75 Å². The highest BCUT2D eigenvalue weighted by Gasteiger charge is 2.11. The lowest BCUT2D eigenvalue weighted by Crippen LogP contribution is -1.98. The highest BCUT2D eigenvalue weighted by Crippen LogP contribution is 2.38. The summed E-state index contributed by atoms with van der Waals surface area (Å²) in [5.41, 5.74) is 0.839. The summed E-state index contributed by atoms with van der Waals surface area (Å²) in [7, 11) is 3.18. The maximum absolute atomic E-state index is 5.41. The minimum Gasteiger partial charge on any atom is -0.493 e. The summed E-state index contributed by atoms with van der Waals surface area (Å²) >= 11 is 0. The zero-order chi connectivity index (χ0) is 10.6. The first kappa shape index (κ1) is 10.7. The van der Waals surface area contributed by atoms with Crippen LogP contribution in [0.3, 0.4) is 0 Å². The van der Waals surface area contributed by atoms with E-state index in [1.165, 1.54) is 0 Å². The van der Waals surface area contributed by atoms with Crippen molar-refractivity contribution in [2.45, 2.75) is 6.92 Å². The number of ether oxygens (including phenoxy) is 3. The lowest BCUT2D eigenvalue weighted by atomic mass is 10.2. The Hall–Kier alpha value is -1.38. The Morgan fingerprint density at radius 2 is 1.79 bits per heavy atom. The van der Waals surface area contributed by atoms with Gasteiger partial charge >= 0.3 is 0 Å². The Bertz CT molecular complexity index is 308. The molecule has 0 N–H and O–H groups in total. The van der Waals surface area contributed by atoms with E-state index in [2.05, 4.69) is 6.92 Å². The van der Waals surface area contributed by atoms with Crippen LogP contribution in [0.4, 0.5) is 0 Å². The van der Waals surface area contributed by atoms with Crippen molar-refractivity contribution in [1.29, 1.82) is 0 Å². The van der Waals surface area contributed by atoms with E-state index in [9.17, 15) is 0 Å². The molecule has 0 aliphatic rings. The predicted octanol–water partition coefficient (Wildman–Crippen LogP) is 2.28. The van der Waals surface area contributed by atoms with Crippen molar-refractivity contribution in [3.63, 3.8) is 0 Å².